The van der Waals surface area contributed by atoms with Crippen LogP contribution in [0.3, 0.4) is 0 Å². The number of imide groups is 1. The first-order valence-electron chi connectivity index (χ1n) is 11.7. The molecular weight excluding hydrogens is 466 g/mol. The fraction of sp³-hybridized carbons (Fsp3) is 0.360. The van der Waals surface area contributed by atoms with E-state index in [1.54, 1.807) is 6.07 Å². The predicted octanol–water partition coefficient (Wildman–Crippen LogP) is 2.32. The third-order valence-corrected chi connectivity index (χ3v) is 7.49. The second-order valence-electron chi connectivity index (χ2n) is 8.85. The maximum absolute atomic E-state index is 13.0. The summed E-state index contributed by atoms with van der Waals surface area (Å²) in [5, 5.41) is 7.98. The molecule has 2 saturated heterocycles. The molecule has 1 atom stereocenters. The zero-order valence-corrected chi connectivity index (χ0v) is 20.0. The van der Waals surface area contributed by atoms with Gasteiger partial charge in [0.15, 0.2) is 0 Å². The van der Waals surface area contributed by atoms with Crippen LogP contribution in [0, 0.1) is 0 Å². The Kier molecular flexibility index (Phi) is 6.63. The molecule has 9 nitrogen and oxygen atoms in total. The molecule has 5 amide bonds. The number of piperidine rings is 1. The van der Waals surface area contributed by atoms with Crippen molar-refractivity contribution < 1.29 is 19.2 Å². The molecule has 0 bridgehead atoms. The lowest BCUT2D eigenvalue weighted by Gasteiger charge is -2.29. The van der Waals surface area contributed by atoms with E-state index in [-0.39, 0.29) is 30.8 Å². The number of hydrogen-bond donors (Lipinski definition) is 3. The number of urea groups is 1. The number of amides is 5. The average molecular weight is 494 g/mol. The topological polar surface area (TPSA) is 111 Å². The van der Waals surface area contributed by atoms with Gasteiger partial charge in [0.2, 0.25) is 11.8 Å². The van der Waals surface area contributed by atoms with Gasteiger partial charge in [-0.2, -0.15) is 11.8 Å². The van der Waals surface area contributed by atoms with E-state index in [1.807, 2.05) is 48.2 Å². The molecule has 5 rings (SSSR count). The lowest BCUT2D eigenvalue weighted by atomic mass is 10.0. The SMILES string of the molecule is O=C1CCC(N2Cc3ccc(CNC(=O)Nc4ccc(N5CCSCC5)cc4)cc3C2=O)C(=O)N1. The maximum atomic E-state index is 13.0. The Morgan fingerprint density at radius 3 is 2.57 bits per heavy atom. The zero-order chi connectivity index (χ0) is 24.4. The monoisotopic (exact) mass is 493 g/mol. The van der Waals surface area contributed by atoms with Crippen molar-refractivity contribution in [1.82, 2.24) is 15.5 Å². The lowest BCUT2D eigenvalue weighted by Crippen LogP contribution is -2.52. The number of benzene rings is 2. The van der Waals surface area contributed by atoms with Crippen molar-refractivity contribution in [2.24, 2.45) is 0 Å². The number of rotatable bonds is 5. The first kappa shape index (κ1) is 23.2. The summed E-state index contributed by atoms with van der Waals surface area (Å²) in [4.78, 5) is 52.8. The molecule has 3 heterocycles. The number of carbonyl (C=O) groups is 4. The Morgan fingerprint density at radius 2 is 1.83 bits per heavy atom. The summed E-state index contributed by atoms with van der Waals surface area (Å²) >= 11 is 1.97. The fourth-order valence-electron chi connectivity index (χ4n) is 4.65. The summed E-state index contributed by atoms with van der Waals surface area (Å²) < 4.78 is 0. The minimum Gasteiger partial charge on any atom is -0.370 e. The number of nitrogens with one attached hydrogen (secondary N) is 3. The molecule has 1 unspecified atom stereocenters. The van der Waals surface area contributed by atoms with Crippen LogP contribution in [0.4, 0.5) is 16.2 Å². The fourth-order valence-corrected chi connectivity index (χ4v) is 5.55. The smallest absolute Gasteiger partial charge is 0.319 e. The minimum absolute atomic E-state index is 0.223. The molecule has 2 aromatic rings. The molecule has 0 radical (unpaired) electrons. The molecule has 0 spiro atoms. The summed E-state index contributed by atoms with van der Waals surface area (Å²) in [6, 6.07) is 12.3. The van der Waals surface area contributed by atoms with Crippen molar-refractivity contribution >= 4 is 46.9 Å². The average Bonchev–Trinajstić information content (AvgIpc) is 3.19. The third-order valence-electron chi connectivity index (χ3n) is 6.55. The van der Waals surface area contributed by atoms with E-state index in [4.69, 9.17) is 0 Å². The second-order valence-corrected chi connectivity index (χ2v) is 10.1. The number of thioether (sulfide) groups is 1. The van der Waals surface area contributed by atoms with Crippen LogP contribution >= 0.6 is 11.8 Å². The molecule has 2 aromatic carbocycles. The van der Waals surface area contributed by atoms with Gasteiger partial charge in [-0.05, 0) is 47.9 Å². The van der Waals surface area contributed by atoms with Gasteiger partial charge in [-0.1, -0.05) is 12.1 Å². The van der Waals surface area contributed by atoms with Gasteiger partial charge < -0.3 is 20.4 Å². The van der Waals surface area contributed by atoms with Crippen LogP contribution in [-0.4, -0.2) is 59.3 Å². The highest BCUT2D eigenvalue weighted by Gasteiger charge is 2.39. The van der Waals surface area contributed by atoms with Gasteiger partial charge in [-0.15, -0.1) is 0 Å². The molecule has 0 saturated carbocycles. The molecule has 3 N–H and O–H groups in total. The number of anilines is 2. The number of nitrogens with zero attached hydrogens (tertiary/aromatic N) is 2. The summed E-state index contributed by atoms with van der Waals surface area (Å²) in [5.41, 5.74) is 4.02. The molecule has 0 aromatic heterocycles. The lowest BCUT2D eigenvalue weighted by molar-refractivity contribution is -0.136. The van der Waals surface area contributed by atoms with E-state index < -0.39 is 11.9 Å². The highest BCUT2D eigenvalue weighted by Crippen LogP contribution is 2.28. The first-order valence-corrected chi connectivity index (χ1v) is 12.9. The van der Waals surface area contributed by atoms with Gasteiger partial charge >= 0.3 is 6.03 Å². The summed E-state index contributed by atoms with van der Waals surface area (Å²) in [5.74, 6) is 1.30. The molecule has 35 heavy (non-hydrogen) atoms. The molecule has 2 fully saturated rings. The molecule has 10 heteroatoms. The Labute approximate surface area is 207 Å². The summed E-state index contributed by atoms with van der Waals surface area (Å²) in [6.07, 6.45) is 0.554. The Hall–Kier alpha value is -3.53. The molecular formula is C25H27N5O4S. The zero-order valence-electron chi connectivity index (χ0n) is 19.2. The standard InChI is InChI=1S/C25H27N5O4S/c31-22-8-7-21(23(32)28-22)30-15-17-2-1-16(13-20(17)24(30)33)14-26-25(34)27-18-3-5-19(6-4-18)29-9-11-35-12-10-29/h1-6,13,21H,7-12,14-15H2,(H2,26,27,34)(H,28,31,32). The minimum atomic E-state index is -0.639. The molecule has 0 aliphatic carbocycles. The van der Waals surface area contributed by atoms with Crippen LogP contribution in [0.1, 0.15) is 34.3 Å². The van der Waals surface area contributed by atoms with Crippen LogP contribution in [0.15, 0.2) is 42.5 Å². The van der Waals surface area contributed by atoms with E-state index in [2.05, 4.69) is 20.9 Å². The van der Waals surface area contributed by atoms with Crippen molar-refractivity contribution in [1.29, 1.82) is 0 Å². The van der Waals surface area contributed by atoms with Gasteiger partial charge in [0.05, 0.1) is 0 Å². The van der Waals surface area contributed by atoms with Crippen molar-refractivity contribution in [2.75, 3.05) is 34.8 Å². The van der Waals surface area contributed by atoms with Crippen molar-refractivity contribution in [3.8, 4) is 0 Å². The number of hydrogen-bond acceptors (Lipinski definition) is 6. The van der Waals surface area contributed by atoms with Gasteiger partial charge in [0, 0.05) is 61.0 Å². The van der Waals surface area contributed by atoms with Crippen LogP contribution < -0.4 is 20.9 Å². The summed E-state index contributed by atoms with van der Waals surface area (Å²) in [7, 11) is 0. The number of carbonyl (C=O) groups excluding carboxylic acids is 4. The molecule has 3 aliphatic heterocycles. The van der Waals surface area contributed by atoms with Crippen molar-refractivity contribution in [2.45, 2.75) is 32.0 Å². The van der Waals surface area contributed by atoms with Crippen LogP contribution in [-0.2, 0) is 22.7 Å². The van der Waals surface area contributed by atoms with Gasteiger partial charge in [0.1, 0.15) is 6.04 Å². The van der Waals surface area contributed by atoms with Crippen LogP contribution in [0.25, 0.3) is 0 Å². The van der Waals surface area contributed by atoms with Crippen LogP contribution in [0.2, 0.25) is 0 Å². The maximum Gasteiger partial charge on any atom is 0.319 e. The first-order chi connectivity index (χ1) is 17.0. The highest BCUT2D eigenvalue weighted by molar-refractivity contribution is 7.99. The Balaban J connectivity index is 1.15. The summed E-state index contributed by atoms with van der Waals surface area (Å²) in [6.45, 7) is 2.66. The predicted molar refractivity (Wildman–Crippen MR) is 134 cm³/mol. The van der Waals surface area contributed by atoms with Gasteiger partial charge in [0.25, 0.3) is 5.91 Å². The van der Waals surface area contributed by atoms with Crippen molar-refractivity contribution in [3.63, 3.8) is 0 Å². The van der Waals surface area contributed by atoms with Crippen LogP contribution in [0.5, 0.6) is 0 Å². The normalized spacial score (nSPS) is 19.9. The number of fused-ring (bicyclic) bond motifs is 1. The van der Waals surface area contributed by atoms with E-state index >= 15 is 0 Å². The highest BCUT2D eigenvalue weighted by atomic mass is 32.2. The largest absolute Gasteiger partial charge is 0.370 e. The second kappa shape index (κ2) is 9.99. The molecule has 182 valence electrons. The van der Waals surface area contributed by atoms with E-state index in [9.17, 15) is 19.2 Å². The van der Waals surface area contributed by atoms with E-state index in [0.29, 0.717) is 24.2 Å². The van der Waals surface area contributed by atoms with Gasteiger partial charge in [-0.25, -0.2) is 4.79 Å². The Bertz CT molecular complexity index is 1160. The third kappa shape index (κ3) is 5.12. The van der Waals surface area contributed by atoms with Gasteiger partial charge in [-0.3, -0.25) is 19.7 Å². The Morgan fingerprint density at radius 1 is 1.06 bits per heavy atom. The van der Waals surface area contributed by atoms with E-state index in [0.717, 1.165) is 41.4 Å². The van der Waals surface area contributed by atoms with E-state index in [1.165, 1.54) is 4.90 Å². The van der Waals surface area contributed by atoms with Crippen molar-refractivity contribution in [3.05, 3.63) is 59.2 Å². The molecule has 3 aliphatic rings. The quantitative estimate of drug-likeness (QED) is 0.552.